The fraction of sp³-hybridized carbons (Fsp3) is 1.00. The topological polar surface area (TPSA) is 24.5 Å². The molecule has 3 heteroatoms. The van der Waals surface area contributed by atoms with E-state index in [0.29, 0.717) is 5.41 Å². The summed E-state index contributed by atoms with van der Waals surface area (Å²) in [6.07, 6.45) is 9.65. The maximum absolute atomic E-state index is 5.14. The molecule has 2 aliphatic rings. The summed E-state index contributed by atoms with van der Waals surface area (Å²) in [5.74, 6) is 0. The van der Waals surface area contributed by atoms with Crippen LogP contribution < -0.4 is 5.32 Å². The van der Waals surface area contributed by atoms with Crippen molar-refractivity contribution >= 4 is 0 Å². The first-order valence-corrected chi connectivity index (χ1v) is 7.65. The van der Waals surface area contributed by atoms with Gasteiger partial charge in [0.05, 0.1) is 0 Å². The highest BCUT2D eigenvalue weighted by Gasteiger charge is 2.36. The van der Waals surface area contributed by atoms with Crippen LogP contribution in [0.1, 0.15) is 44.9 Å². The van der Waals surface area contributed by atoms with Gasteiger partial charge in [0, 0.05) is 39.4 Å². The van der Waals surface area contributed by atoms with Gasteiger partial charge in [0.1, 0.15) is 0 Å². The molecule has 2 saturated carbocycles. The van der Waals surface area contributed by atoms with Crippen LogP contribution in [-0.2, 0) is 4.74 Å². The minimum absolute atomic E-state index is 0.560. The maximum Gasteiger partial charge on any atom is 0.0474 e. The molecule has 0 aromatic carbocycles. The first-order valence-electron chi connectivity index (χ1n) is 7.65. The van der Waals surface area contributed by atoms with E-state index in [0.717, 1.165) is 19.1 Å². The Labute approximate surface area is 112 Å². The van der Waals surface area contributed by atoms with Crippen molar-refractivity contribution in [2.75, 3.05) is 40.4 Å². The van der Waals surface area contributed by atoms with Crippen LogP contribution in [0, 0.1) is 5.41 Å². The second-order valence-electron chi connectivity index (χ2n) is 6.45. The van der Waals surface area contributed by atoms with Gasteiger partial charge in [-0.3, -0.25) is 0 Å². The van der Waals surface area contributed by atoms with E-state index in [1.165, 1.54) is 58.2 Å². The van der Waals surface area contributed by atoms with Gasteiger partial charge in [-0.15, -0.1) is 0 Å². The van der Waals surface area contributed by atoms with E-state index in [-0.39, 0.29) is 0 Å². The van der Waals surface area contributed by atoms with Crippen LogP contribution in [0.15, 0.2) is 0 Å². The lowest BCUT2D eigenvalue weighted by Crippen LogP contribution is -2.42. The molecule has 0 aromatic rings. The molecule has 2 aliphatic carbocycles. The number of hydrogen-bond donors (Lipinski definition) is 1. The van der Waals surface area contributed by atoms with E-state index >= 15 is 0 Å². The monoisotopic (exact) mass is 254 g/mol. The van der Waals surface area contributed by atoms with Crippen molar-refractivity contribution < 1.29 is 4.74 Å². The molecule has 0 unspecified atom stereocenters. The van der Waals surface area contributed by atoms with E-state index in [2.05, 4.69) is 17.3 Å². The molecular weight excluding hydrogens is 224 g/mol. The van der Waals surface area contributed by atoms with Gasteiger partial charge in [-0.2, -0.15) is 0 Å². The quantitative estimate of drug-likeness (QED) is 0.639. The minimum Gasteiger partial charge on any atom is -0.385 e. The molecule has 0 spiro atoms. The van der Waals surface area contributed by atoms with Crippen molar-refractivity contribution in [3.63, 3.8) is 0 Å². The standard InChI is InChI=1S/C15H30N2O/c1-17(10-5-11-18-2)13-15(8-3-4-9-15)12-16-14-6-7-14/h14,16H,3-13H2,1-2H3. The average Bonchev–Trinajstić information content (AvgIpc) is 3.08. The van der Waals surface area contributed by atoms with E-state index in [9.17, 15) is 0 Å². The second-order valence-corrected chi connectivity index (χ2v) is 6.45. The number of hydrogen-bond acceptors (Lipinski definition) is 3. The van der Waals surface area contributed by atoms with Gasteiger partial charge < -0.3 is 15.0 Å². The zero-order chi connectivity index (χ0) is 12.8. The zero-order valence-corrected chi connectivity index (χ0v) is 12.2. The van der Waals surface area contributed by atoms with Crippen LogP contribution in [-0.4, -0.2) is 51.3 Å². The normalized spacial score (nSPS) is 22.8. The summed E-state index contributed by atoms with van der Waals surface area (Å²) < 4.78 is 5.14. The van der Waals surface area contributed by atoms with E-state index < -0.39 is 0 Å². The minimum atomic E-state index is 0.560. The molecule has 0 bridgehead atoms. The molecule has 0 radical (unpaired) electrons. The van der Waals surface area contributed by atoms with Crippen molar-refractivity contribution in [2.45, 2.75) is 51.0 Å². The lowest BCUT2D eigenvalue weighted by Gasteiger charge is -2.34. The fourth-order valence-corrected chi connectivity index (χ4v) is 3.29. The molecule has 0 amide bonds. The predicted molar refractivity (Wildman–Crippen MR) is 75.9 cm³/mol. The summed E-state index contributed by atoms with van der Waals surface area (Å²) in [5.41, 5.74) is 0.560. The third-order valence-electron chi connectivity index (χ3n) is 4.50. The summed E-state index contributed by atoms with van der Waals surface area (Å²) in [7, 11) is 4.06. The molecule has 18 heavy (non-hydrogen) atoms. The highest BCUT2D eigenvalue weighted by Crippen LogP contribution is 2.38. The Morgan fingerprint density at radius 3 is 2.61 bits per heavy atom. The third kappa shape index (κ3) is 4.52. The van der Waals surface area contributed by atoms with Crippen LogP contribution in [0.3, 0.4) is 0 Å². The Balaban J connectivity index is 1.73. The van der Waals surface area contributed by atoms with Gasteiger partial charge >= 0.3 is 0 Å². The van der Waals surface area contributed by atoms with Crippen molar-refractivity contribution in [3.05, 3.63) is 0 Å². The highest BCUT2D eigenvalue weighted by atomic mass is 16.5. The molecule has 0 saturated heterocycles. The van der Waals surface area contributed by atoms with Gasteiger partial charge in [0.15, 0.2) is 0 Å². The summed E-state index contributed by atoms with van der Waals surface area (Å²) in [6.45, 7) is 4.55. The molecule has 3 nitrogen and oxygen atoms in total. The molecule has 0 heterocycles. The van der Waals surface area contributed by atoms with Crippen molar-refractivity contribution in [2.24, 2.45) is 5.41 Å². The second kappa shape index (κ2) is 6.88. The third-order valence-corrected chi connectivity index (χ3v) is 4.50. The van der Waals surface area contributed by atoms with Crippen molar-refractivity contribution in [1.82, 2.24) is 10.2 Å². The van der Waals surface area contributed by atoms with Gasteiger partial charge in [-0.05, 0) is 44.6 Å². The first-order chi connectivity index (χ1) is 8.74. The van der Waals surface area contributed by atoms with Crippen molar-refractivity contribution in [3.8, 4) is 0 Å². The Morgan fingerprint density at radius 1 is 1.28 bits per heavy atom. The largest absolute Gasteiger partial charge is 0.385 e. The number of nitrogens with one attached hydrogen (secondary N) is 1. The highest BCUT2D eigenvalue weighted by molar-refractivity contribution is 4.92. The van der Waals surface area contributed by atoms with Gasteiger partial charge in [0.25, 0.3) is 0 Å². The first kappa shape index (κ1) is 14.3. The lowest BCUT2D eigenvalue weighted by molar-refractivity contribution is 0.145. The van der Waals surface area contributed by atoms with Crippen LogP contribution in [0.4, 0.5) is 0 Å². The Hall–Kier alpha value is -0.120. The average molecular weight is 254 g/mol. The molecule has 106 valence electrons. The molecule has 1 N–H and O–H groups in total. The summed E-state index contributed by atoms with van der Waals surface area (Å²) in [5, 5.41) is 3.76. The molecule has 0 aromatic heterocycles. The van der Waals surface area contributed by atoms with Crippen LogP contribution in [0.2, 0.25) is 0 Å². The zero-order valence-electron chi connectivity index (χ0n) is 12.2. The smallest absolute Gasteiger partial charge is 0.0474 e. The summed E-state index contributed by atoms with van der Waals surface area (Å²) >= 11 is 0. The van der Waals surface area contributed by atoms with Gasteiger partial charge in [0.2, 0.25) is 0 Å². The van der Waals surface area contributed by atoms with E-state index in [1.807, 2.05) is 0 Å². The molecule has 0 aliphatic heterocycles. The Kier molecular flexibility index (Phi) is 5.46. The Bertz CT molecular complexity index is 235. The molecule has 0 atom stereocenters. The summed E-state index contributed by atoms with van der Waals surface area (Å²) in [6, 6.07) is 0.848. The number of ether oxygens (including phenoxy) is 1. The molecular formula is C15H30N2O. The lowest BCUT2D eigenvalue weighted by atomic mass is 9.85. The molecule has 2 fully saturated rings. The summed E-state index contributed by atoms with van der Waals surface area (Å²) in [4.78, 5) is 2.51. The van der Waals surface area contributed by atoms with E-state index in [4.69, 9.17) is 4.74 Å². The van der Waals surface area contributed by atoms with Crippen LogP contribution in [0.25, 0.3) is 0 Å². The van der Waals surface area contributed by atoms with Gasteiger partial charge in [-0.1, -0.05) is 12.8 Å². The Morgan fingerprint density at radius 2 is 2.00 bits per heavy atom. The fourth-order valence-electron chi connectivity index (χ4n) is 3.29. The number of methoxy groups -OCH3 is 1. The van der Waals surface area contributed by atoms with E-state index in [1.54, 1.807) is 7.11 Å². The molecule has 2 rings (SSSR count). The van der Waals surface area contributed by atoms with Gasteiger partial charge in [-0.25, -0.2) is 0 Å². The number of nitrogens with zero attached hydrogens (tertiary/aromatic N) is 1. The van der Waals surface area contributed by atoms with Crippen LogP contribution in [0.5, 0.6) is 0 Å². The van der Waals surface area contributed by atoms with Crippen molar-refractivity contribution in [1.29, 1.82) is 0 Å². The SMILES string of the molecule is COCCCN(C)CC1(CNC2CC2)CCCC1. The maximum atomic E-state index is 5.14. The van der Waals surface area contributed by atoms with Crippen LogP contribution >= 0.6 is 0 Å². The predicted octanol–water partition coefficient (Wildman–Crippen LogP) is 2.27. The number of rotatable bonds is 9.